The number of fused-ring (bicyclic) bond motifs is 1. The predicted molar refractivity (Wildman–Crippen MR) is 104 cm³/mol. The van der Waals surface area contributed by atoms with Gasteiger partial charge in [-0.3, -0.25) is 0 Å². The number of nitrogens with one attached hydrogen (secondary N) is 2. The van der Waals surface area contributed by atoms with Gasteiger partial charge in [0.2, 0.25) is 20.0 Å². The second-order valence-electron chi connectivity index (χ2n) is 5.26. The minimum Gasteiger partial charge on any atom is -0.210 e. The van der Waals surface area contributed by atoms with Gasteiger partial charge in [0.15, 0.2) is 0 Å². The molecule has 2 aromatic carbocycles. The van der Waals surface area contributed by atoms with Crippen molar-refractivity contribution in [3.63, 3.8) is 0 Å². The SMILES string of the molecule is O=S(=O)(NCCNS(=O)(=O)c1cccc2nsnc12)c1cc(Cl)ccc1Cl. The second-order valence-corrected chi connectivity index (χ2v) is 10.1. The first-order valence-electron chi connectivity index (χ1n) is 7.36. The van der Waals surface area contributed by atoms with E-state index >= 15 is 0 Å². The van der Waals surface area contributed by atoms with Crippen molar-refractivity contribution in [2.24, 2.45) is 0 Å². The molecule has 3 aromatic rings. The highest BCUT2D eigenvalue weighted by Crippen LogP contribution is 2.24. The molecule has 1 aromatic heterocycles. The Bertz CT molecular complexity index is 1200. The van der Waals surface area contributed by atoms with Gasteiger partial charge in [-0.1, -0.05) is 29.3 Å². The summed E-state index contributed by atoms with van der Waals surface area (Å²) in [7, 11) is -7.83. The minimum absolute atomic E-state index is 0.00944. The normalized spacial score (nSPS) is 12.5. The molecule has 1 heterocycles. The predicted octanol–water partition coefficient (Wildman–Crippen LogP) is 2.25. The summed E-state index contributed by atoms with van der Waals surface area (Å²) in [6, 6.07) is 8.66. The van der Waals surface area contributed by atoms with Gasteiger partial charge in [-0.25, -0.2) is 26.3 Å². The van der Waals surface area contributed by atoms with E-state index in [0.717, 1.165) is 11.7 Å². The molecule has 0 radical (unpaired) electrons. The zero-order chi connectivity index (χ0) is 19.7. The lowest BCUT2D eigenvalue weighted by atomic mass is 10.3. The molecule has 0 amide bonds. The van der Waals surface area contributed by atoms with Crippen LogP contribution in [0.4, 0.5) is 0 Å². The van der Waals surface area contributed by atoms with E-state index in [4.69, 9.17) is 23.2 Å². The van der Waals surface area contributed by atoms with Crippen molar-refractivity contribution in [2.75, 3.05) is 13.1 Å². The molecule has 0 fully saturated rings. The van der Waals surface area contributed by atoms with E-state index < -0.39 is 20.0 Å². The summed E-state index contributed by atoms with van der Waals surface area (Å²) in [5.41, 5.74) is 0.737. The van der Waals surface area contributed by atoms with Crippen LogP contribution in [0, 0.1) is 0 Å². The Kier molecular flexibility index (Phi) is 6.01. The average Bonchev–Trinajstić information content (AvgIpc) is 3.09. The summed E-state index contributed by atoms with van der Waals surface area (Å²) >= 11 is 12.6. The lowest BCUT2D eigenvalue weighted by Crippen LogP contribution is -2.34. The Labute approximate surface area is 169 Å². The van der Waals surface area contributed by atoms with Crippen LogP contribution in [0.5, 0.6) is 0 Å². The number of nitrogens with zero attached hydrogens (tertiary/aromatic N) is 2. The molecule has 0 aliphatic heterocycles. The fourth-order valence-corrected chi connectivity index (χ4v) is 5.80. The lowest BCUT2D eigenvalue weighted by molar-refractivity contribution is 0.571. The van der Waals surface area contributed by atoms with Crippen molar-refractivity contribution in [3.05, 3.63) is 46.4 Å². The van der Waals surface area contributed by atoms with Crippen molar-refractivity contribution >= 4 is 66.0 Å². The van der Waals surface area contributed by atoms with Gasteiger partial charge in [-0.05, 0) is 30.3 Å². The van der Waals surface area contributed by atoms with Gasteiger partial charge in [-0.15, -0.1) is 0 Å². The Balaban J connectivity index is 1.67. The molecule has 0 saturated heterocycles. The summed E-state index contributed by atoms with van der Waals surface area (Å²) in [6.07, 6.45) is 0. The molecular formula is C14H12Cl2N4O4S3. The molecule has 144 valence electrons. The highest BCUT2D eigenvalue weighted by Gasteiger charge is 2.21. The number of benzene rings is 2. The van der Waals surface area contributed by atoms with Crippen LogP contribution in [-0.4, -0.2) is 38.7 Å². The van der Waals surface area contributed by atoms with E-state index in [2.05, 4.69) is 18.2 Å². The van der Waals surface area contributed by atoms with Gasteiger partial charge < -0.3 is 0 Å². The summed E-state index contributed by atoms with van der Waals surface area (Å²) in [5, 5.41) is 0.223. The first-order chi connectivity index (χ1) is 12.7. The largest absolute Gasteiger partial charge is 0.242 e. The molecule has 0 aliphatic rings. The zero-order valence-electron chi connectivity index (χ0n) is 13.4. The molecule has 0 aliphatic carbocycles. The molecule has 0 saturated carbocycles. The highest BCUT2D eigenvalue weighted by atomic mass is 35.5. The van der Waals surface area contributed by atoms with Crippen LogP contribution in [0.1, 0.15) is 0 Å². The standard InChI is InChI=1S/C14H12Cl2N4O4S3/c15-9-4-5-10(16)13(8-9)27(23,24)18-7-6-17-26(21,22)12-3-1-2-11-14(12)20-25-19-11/h1-5,8,17-18H,6-7H2. The number of sulfonamides is 2. The zero-order valence-corrected chi connectivity index (χ0v) is 17.3. The molecule has 0 bridgehead atoms. The molecule has 13 heteroatoms. The van der Waals surface area contributed by atoms with Gasteiger partial charge in [0.05, 0.1) is 16.8 Å². The number of rotatable bonds is 7. The van der Waals surface area contributed by atoms with Crippen molar-refractivity contribution in [1.29, 1.82) is 0 Å². The maximum Gasteiger partial charge on any atom is 0.242 e. The van der Waals surface area contributed by atoms with E-state index in [-0.39, 0.29) is 38.4 Å². The summed E-state index contributed by atoms with van der Waals surface area (Å²) in [5.74, 6) is 0. The Hall–Kier alpha value is -1.34. The third kappa shape index (κ3) is 4.57. The third-order valence-corrected chi connectivity index (χ3v) is 7.64. The van der Waals surface area contributed by atoms with Gasteiger partial charge in [0, 0.05) is 18.1 Å². The molecule has 8 nitrogen and oxygen atoms in total. The minimum atomic E-state index is -3.94. The first-order valence-corrected chi connectivity index (χ1v) is 11.8. The first kappa shape index (κ1) is 20.4. The highest BCUT2D eigenvalue weighted by molar-refractivity contribution is 7.90. The van der Waals surface area contributed by atoms with Crippen LogP contribution in [0.15, 0.2) is 46.2 Å². The maximum atomic E-state index is 12.4. The second kappa shape index (κ2) is 7.95. The van der Waals surface area contributed by atoms with Crippen LogP contribution in [-0.2, 0) is 20.0 Å². The van der Waals surface area contributed by atoms with Crippen LogP contribution < -0.4 is 9.44 Å². The number of halogens is 2. The molecule has 0 atom stereocenters. The smallest absolute Gasteiger partial charge is 0.210 e. The van der Waals surface area contributed by atoms with Crippen LogP contribution in [0.3, 0.4) is 0 Å². The topological polar surface area (TPSA) is 118 Å². The molecule has 0 unspecified atom stereocenters. The Morgan fingerprint density at radius 3 is 2.26 bits per heavy atom. The third-order valence-electron chi connectivity index (χ3n) is 3.43. The Morgan fingerprint density at radius 1 is 0.889 bits per heavy atom. The fraction of sp³-hybridized carbons (Fsp3) is 0.143. The maximum absolute atomic E-state index is 12.4. The van der Waals surface area contributed by atoms with Crippen LogP contribution in [0.25, 0.3) is 11.0 Å². The van der Waals surface area contributed by atoms with E-state index in [0.29, 0.717) is 5.52 Å². The van der Waals surface area contributed by atoms with E-state index in [9.17, 15) is 16.8 Å². The quantitative estimate of drug-likeness (QED) is 0.515. The summed E-state index contributed by atoms with van der Waals surface area (Å²) in [6.45, 7) is -0.358. The van der Waals surface area contributed by atoms with E-state index in [1.165, 1.54) is 24.3 Å². The van der Waals surface area contributed by atoms with Gasteiger partial charge in [0.1, 0.15) is 20.8 Å². The average molecular weight is 467 g/mol. The van der Waals surface area contributed by atoms with Crippen molar-refractivity contribution < 1.29 is 16.8 Å². The molecule has 27 heavy (non-hydrogen) atoms. The summed E-state index contributed by atoms with van der Waals surface area (Å²) < 4.78 is 62.1. The van der Waals surface area contributed by atoms with Gasteiger partial charge >= 0.3 is 0 Å². The van der Waals surface area contributed by atoms with Crippen molar-refractivity contribution in [3.8, 4) is 0 Å². The molecule has 3 rings (SSSR count). The van der Waals surface area contributed by atoms with Gasteiger partial charge in [-0.2, -0.15) is 8.75 Å². The van der Waals surface area contributed by atoms with Crippen molar-refractivity contribution in [2.45, 2.75) is 9.79 Å². The summed E-state index contributed by atoms with van der Waals surface area (Å²) in [4.78, 5) is -0.202. The molecular weight excluding hydrogens is 455 g/mol. The van der Waals surface area contributed by atoms with Crippen LogP contribution >= 0.6 is 34.9 Å². The monoisotopic (exact) mass is 466 g/mol. The Morgan fingerprint density at radius 2 is 1.56 bits per heavy atom. The van der Waals surface area contributed by atoms with Gasteiger partial charge in [0.25, 0.3) is 0 Å². The van der Waals surface area contributed by atoms with E-state index in [1.807, 2.05) is 0 Å². The number of aromatic nitrogens is 2. The lowest BCUT2D eigenvalue weighted by Gasteiger charge is -2.10. The fourth-order valence-electron chi connectivity index (χ4n) is 2.21. The molecule has 0 spiro atoms. The van der Waals surface area contributed by atoms with Crippen molar-refractivity contribution in [1.82, 2.24) is 18.2 Å². The van der Waals surface area contributed by atoms with Crippen LogP contribution in [0.2, 0.25) is 10.0 Å². The molecule has 2 N–H and O–H groups in total. The number of hydrogen-bond acceptors (Lipinski definition) is 7. The number of hydrogen-bond donors (Lipinski definition) is 2. The van der Waals surface area contributed by atoms with E-state index in [1.54, 1.807) is 12.1 Å².